The van der Waals surface area contributed by atoms with Gasteiger partial charge in [0.25, 0.3) is 0 Å². The molecule has 0 amide bonds. The van der Waals surface area contributed by atoms with Crippen LogP contribution in [-0.4, -0.2) is 5.16 Å². The van der Waals surface area contributed by atoms with Gasteiger partial charge in [0.05, 0.1) is 0 Å². The van der Waals surface area contributed by atoms with E-state index in [9.17, 15) is 9.79 Å². The van der Waals surface area contributed by atoms with Crippen molar-refractivity contribution in [2.75, 3.05) is 0 Å². The summed E-state index contributed by atoms with van der Waals surface area (Å²) in [5.41, 5.74) is 0. The van der Waals surface area contributed by atoms with Crippen LogP contribution in [0, 0.1) is 0 Å². The third kappa shape index (κ3) is 2.21. The standard InChI is InChI=1S/C6H13O2P/c1-4-6(3,5-2)9(7)8/h4-5H2,1-3H3/q-2. The summed E-state index contributed by atoms with van der Waals surface area (Å²) in [5, 5.41) is -0.463. The highest BCUT2D eigenvalue weighted by Crippen LogP contribution is 2.39. The minimum Gasteiger partial charge on any atom is -0.841 e. The highest BCUT2D eigenvalue weighted by atomic mass is 31.2. The van der Waals surface area contributed by atoms with Gasteiger partial charge in [-0.3, -0.25) is 0 Å². The van der Waals surface area contributed by atoms with Crippen molar-refractivity contribution in [3.05, 3.63) is 0 Å². The Kier molecular flexibility index (Phi) is 3.64. The lowest BCUT2D eigenvalue weighted by Gasteiger charge is -2.48. The third-order valence-corrected chi connectivity index (χ3v) is 3.48. The zero-order valence-corrected chi connectivity index (χ0v) is 7.07. The molecule has 0 aromatic carbocycles. The maximum Gasteiger partial charge on any atom is -0.0424 e. The second-order valence-electron chi connectivity index (χ2n) is 2.46. The Morgan fingerprint density at radius 1 is 1.22 bits per heavy atom. The van der Waals surface area contributed by atoms with E-state index in [1.54, 1.807) is 6.92 Å². The van der Waals surface area contributed by atoms with Crippen LogP contribution in [0.3, 0.4) is 0 Å². The van der Waals surface area contributed by atoms with Crippen LogP contribution in [-0.2, 0) is 0 Å². The average molecular weight is 148 g/mol. The van der Waals surface area contributed by atoms with E-state index in [4.69, 9.17) is 0 Å². The highest BCUT2D eigenvalue weighted by Gasteiger charge is 2.14. The van der Waals surface area contributed by atoms with Crippen LogP contribution in [0.2, 0.25) is 0 Å². The number of rotatable bonds is 3. The first-order chi connectivity index (χ1) is 4.06. The topological polar surface area (TPSA) is 46.1 Å². The highest BCUT2D eigenvalue weighted by molar-refractivity contribution is 7.43. The summed E-state index contributed by atoms with van der Waals surface area (Å²) in [4.78, 5) is 21.0. The summed E-state index contributed by atoms with van der Waals surface area (Å²) in [6.07, 6.45) is 1.42. The van der Waals surface area contributed by atoms with Gasteiger partial charge in [0, 0.05) is 0 Å². The molecule has 0 saturated heterocycles. The Balaban J connectivity index is 3.92. The molecule has 9 heavy (non-hydrogen) atoms. The van der Waals surface area contributed by atoms with Gasteiger partial charge in [0.15, 0.2) is 0 Å². The summed E-state index contributed by atoms with van der Waals surface area (Å²) in [6.45, 7) is 5.57. The van der Waals surface area contributed by atoms with Crippen molar-refractivity contribution in [2.45, 2.75) is 38.8 Å². The molecule has 0 rings (SSSR count). The molecule has 0 spiro atoms. The van der Waals surface area contributed by atoms with Crippen molar-refractivity contribution in [3.8, 4) is 0 Å². The second-order valence-corrected chi connectivity index (χ2v) is 4.06. The Morgan fingerprint density at radius 3 is 1.56 bits per heavy atom. The molecule has 0 aliphatic rings. The predicted molar refractivity (Wildman–Crippen MR) is 35.9 cm³/mol. The van der Waals surface area contributed by atoms with Crippen LogP contribution in [0.15, 0.2) is 0 Å². The fourth-order valence-electron chi connectivity index (χ4n) is 0.508. The Bertz CT molecular complexity index is 79.1. The first kappa shape index (κ1) is 9.35. The monoisotopic (exact) mass is 148 g/mol. The second kappa shape index (κ2) is 3.50. The fourth-order valence-corrected chi connectivity index (χ4v) is 1.02. The van der Waals surface area contributed by atoms with E-state index in [-0.39, 0.29) is 0 Å². The lowest BCUT2D eigenvalue weighted by molar-refractivity contribution is -0.298. The quantitative estimate of drug-likeness (QED) is 0.550. The normalized spacial score (nSPS) is 12.7. The van der Waals surface area contributed by atoms with Crippen molar-refractivity contribution < 1.29 is 9.79 Å². The molecule has 0 unspecified atom stereocenters. The van der Waals surface area contributed by atoms with Crippen LogP contribution < -0.4 is 9.79 Å². The van der Waals surface area contributed by atoms with Crippen molar-refractivity contribution in [2.24, 2.45) is 0 Å². The zero-order chi connectivity index (χ0) is 7.49. The smallest absolute Gasteiger partial charge is 0.0424 e. The van der Waals surface area contributed by atoms with Crippen LogP contribution in [0.1, 0.15) is 33.6 Å². The van der Waals surface area contributed by atoms with Gasteiger partial charge in [-0.05, 0) is 18.0 Å². The van der Waals surface area contributed by atoms with E-state index in [0.717, 1.165) is 0 Å². The van der Waals surface area contributed by atoms with E-state index in [0.29, 0.717) is 12.8 Å². The first-order valence-corrected chi connectivity index (χ1v) is 4.39. The van der Waals surface area contributed by atoms with Crippen molar-refractivity contribution in [3.63, 3.8) is 0 Å². The molecule has 0 saturated carbocycles. The van der Waals surface area contributed by atoms with Gasteiger partial charge < -0.3 is 18.2 Å². The van der Waals surface area contributed by atoms with Crippen LogP contribution in [0.5, 0.6) is 0 Å². The zero-order valence-electron chi connectivity index (χ0n) is 6.18. The van der Waals surface area contributed by atoms with Crippen molar-refractivity contribution >= 4 is 8.38 Å². The van der Waals surface area contributed by atoms with Gasteiger partial charge in [-0.25, -0.2) is 0 Å². The van der Waals surface area contributed by atoms with Crippen molar-refractivity contribution in [1.29, 1.82) is 0 Å². The summed E-state index contributed by atoms with van der Waals surface area (Å²) >= 11 is 0. The molecular formula is C6H13O2P-2. The summed E-state index contributed by atoms with van der Waals surface area (Å²) in [7, 11) is -2.25. The average Bonchev–Trinajstić information content (AvgIpc) is 1.86. The lowest BCUT2D eigenvalue weighted by Crippen LogP contribution is -2.31. The van der Waals surface area contributed by atoms with E-state index >= 15 is 0 Å². The van der Waals surface area contributed by atoms with E-state index in [2.05, 4.69) is 0 Å². The van der Waals surface area contributed by atoms with Crippen LogP contribution in [0.4, 0.5) is 0 Å². The minimum absolute atomic E-state index is 0.463. The molecule has 56 valence electrons. The van der Waals surface area contributed by atoms with Gasteiger partial charge in [-0.15, -0.1) is 0 Å². The van der Waals surface area contributed by atoms with Crippen LogP contribution in [0.25, 0.3) is 0 Å². The Hall–Kier alpha value is 0.350. The maximum absolute atomic E-state index is 10.5. The van der Waals surface area contributed by atoms with E-state index in [1.807, 2.05) is 13.8 Å². The van der Waals surface area contributed by atoms with Gasteiger partial charge in [0.2, 0.25) is 0 Å². The summed E-state index contributed by atoms with van der Waals surface area (Å²) in [6, 6.07) is 0. The Labute approximate surface area is 57.8 Å². The molecule has 3 heteroatoms. The fraction of sp³-hybridized carbons (Fsp3) is 1.00. The molecule has 0 heterocycles. The van der Waals surface area contributed by atoms with Gasteiger partial charge in [-0.2, -0.15) is 0 Å². The molecule has 0 bridgehead atoms. The molecule has 0 N–H and O–H groups in total. The van der Waals surface area contributed by atoms with Crippen LogP contribution >= 0.6 is 8.38 Å². The summed E-state index contributed by atoms with van der Waals surface area (Å²) < 4.78 is 0. The summed E-state index contributed by atoms with van der Waals surface area (Å²) in [5.74, 6) is 0. The van der Waals surface area contributed by atoms with Gasteiger partial charge in [-0.1, -0.05) is 20.8 Å². The molecule has 0 aromatic heterocycles. The first-order valence-electron chi connectivity index (χ1n) is 3.21. The molecule has 0 aliphatic heterocycles. The predicted octanol–water partition coefficient (Wildman–Crippen LogP) is 0.598. The molecule has 2 nitrogen and oxygen atoms in total. The Morgan fingerprint density at radius 2 is 1.56 bits per heavy atom. The molecular weight excluding hydrogens is 135 g/mol. The third-order valence-electron chi connectivity index (χ3n) is 1.96. The number of hydrogen-bond donors (Lipinski definition) is 0. The maximum atomic E-state index is 10.5. The molecule has 0 aromatic rings. The van der Waals surface area contributed by atoms with Crippen molar-refractivity contribution in [1.82, 2.24) is 0 Å². The molecule has 0 radical (unpaired) electrons. The minimum atomic E-state index is -2.25. The SMILES string of the molecule is CCC(C)(CC)P([O-])[O-]. The molecule has 0 fully saturated rings. The van der Waals surface area contributed by atoms with Gasteiger partial charge in [0.1, 0.15) is 0 Å². The molecule has 0 atom stereocenters. The van der Waals surface area contributed by atoms with E-state index < -0.39 is 13.5 Å². The largest absolute Gasteiger partial charge is 0.841 e. The van der Waals surface area contributed by atoms with E-state index in [1.165, 1.54) is 0 Å². The number of hydrogen-bond acceptors (Lipinski definition) is 2. The molecule has 0 aliphatic carbocycles. The lowest BCUT2D eigenvalue weighted by atomic mass is 10.1. The van der Waals surface area contributed by atoms with Gasteiger partial charge >= 0.3 is 0 Å².